The Morgan fingerprint density at radius 2 is 2.18 bits per heavy atom. The number of aromatic nitrogens is 1. The summed E-state index contributed by atoms with van der Waals surface area (Å²) in [7, 11) is 0. The van der Waals surface area contributed by atoms with Gasteiger partial charge in [-0.05, 0) is 12.1 Å². The standard InChI is InChI=1S/C6H6ClN3.ClH/c7-5-3-1-2-4(10-5)6(8)9;/h1-3H,(H3,8,9);1H. The number of rotatable bonds is 1. The fourth-order valence-electron chi connectivity index (χ4n) is 0.558. The van der Waals surface area contributed by atoms with Crippen molar-refractivity contribution >= 4 is 29.8 Å². The first-order valence-corrected chi connectivity index (χ1v) is 3.05. The minimum absolute atomic E-state index is 0. The molecule has 1 aromatic heterocycles. The van der Waals surface area contributed by atoms with Crippen LogP contribution in [0, 0.1) is 5.41 Å². The van der Waals surface area contributed by atoms with Crippen LogP contribution >= 0.6 is 24.0 Å². The molecule has 0 saturated carbocycles. The van der Waals surface area contributed by atoms with Crippen LogP contribution < -0.4 is 5.73 Å². The lowest BCUT2D eigenvalue weighted by molar-refractivity contribution is 1.26. The summed E-state index contributed by atoms with van der Waals surface area (Å²) < 4.78 is 0. The number of amidine groups is 1. The first kappa shape index (κ1) is 10.2. The van der Waals surface area contributed by atoms with Crippen LogP contribution in [0.15, 0.2) is 18.2 Å². The second kappa shape index (κ2) is 4.16. The van der Waals surface area contributed by atoms with E-state index in [1.54, 1.807) is 18.2 Å². The van der Waals surface area contributed by atoms with Crippen molar-refractivity contribution in [3.63, 3.8) is 0 Å². The molecule has 1 aromatic rings. The van der Waals surface area contributed by atoms with Crippen molar-refractivity contribution in [3.05, 3.63) is 29.0 Å². The van der Waals surface area contributed by atoms with Crippen LogP contribution in [0.2, 0.25) is 5.15 Å². The summed E-state index contributed by atoms with van der Waals surface area (Å²) in [6.45, 7) is 0. The second-order valence-corrected chi connectivity index (χ2v) is 2.15. The summed E-state index contributed by atoms with van der Waals surface area (Å²) in [5.74, 6) is -0.0671. The molecule has 1 rings (SSSR count). The van der Waals surface area contributed by atoms with E-state index in [1.165, 1.54) is 0 Å². The molecule has 0 atom stereocenters. The monoisotopic (exact) mass is 191 g/mol. The van der Waals surface area contributed by atoms with E-state index in [1.807, 2.05) is 0 Å². The van der Waals surface area contributed by atoms with Gasteiger partial charge in [0.05, 0.1) is 0 Å². The lowest BCUT2D eigenvalue weighted by Crippen LogP contribution is -2.12. The van der Waals surface area contributed by atoms with Crippen LogP contribution in [0.25, 0.3) is 0 Å². The lowest BCUT2D eigenvalue weighted by Gasteiger charge is -1.94. The number of halogens is 2. The molecule has 0 spiro atoms. The van der Waals surface area contributed by atoms with E-state index in [4.69, 9.17) is 22.7 Å². The van der Waals surface area contributed by atoms with E-state index in [-0.39, 0.29) is 18.2 Å². The van der Waals surface area contributed by atoms with Crippen molar-refractivity contribution in [3.8, 4) is 0 Å². The van der Waals surface area contributed by atoms with Gasteiger partial charge in [0.2, 0.25) is 0 Å². The average Bonchev–Trinajstić information content (AvgIpc) is 1.88. The van der Waals surface area contributed by atoms with Gasteiger partial charge in [-0.3, -0.25) is 5.41 Å². The van der Waals surface area contributed by atoms with Gasteiger partial charge >= 0.3 is 0 Å². The Hall–Kier alpha value is -0.800. The Morgan fingerprint density at radius 1 is 1.55 bits per heavy atom. The number of nitrogens with two attached hydrogens (primary N) is 1. The summed E-state index contributed by atoms with van der Waals surface area (Å²) in [5, 5.41) is 7.34. The van der Waals surface area contributed by atoms with Gasteiger partial charge in [-0.1, -0.05) is 17.7 Å². The highest BCUT2D eigenvalue weighted by Gasteiger charge is 1.96. The van der Waals surface area contributed by atoms with Gasteiger partial charge in [0.25, 0.3) is 0 Å². The van der Waals surface area contributed by atoms with E-state index in [9.17, 15) is 0 Å². The van der Waals surface area contributed by atoms with Crippen molar-refractivity contribution in [2.45, 2.75) is 0 Å². The molecule has 0 radical (unpaired) electrons. The fraction of sp³-hybridized carbons (Fsp3) is 0. The molecule has 0 aromatic carbocycles. The molecule has 0 aliphatic carbocycles. The number of hydrogen-bond acceptors (Lipinski definition) is 2. The molecule has 1 heterocycles. The molecule has 3 nitrogen and oxygen atoms in total. The molecule has 0 aliphatic heterocycles. The van der Waals surface area contributed by atoms with Crippen molar-refractivity contribution in [2.24, 2.45) is 5.73 Å². The fourth-order valence-corrected chi connectivity index (χ4v) is 0.722. The zero-order valence-electron chi connectivity index (χ0n) is 5.54. The van der Waals surface area contributed by atoms with Gasteiger partial charge in [-0.25, -0.2) is 4.98 Å². The summed E-state index contributed by atoms with van der Waals surface area (Å²) in [6, 6.07) is 4.97. The third kappa shape index (κ3) is 2.74. The summed E-state index contributed by atoms with van der Waals surface area (Å²) in [6.07, 6.45) is 0. The molecule has 0 saturated heterocycles. The zero-order valence-corrected chi connectivity index (χ0v) is 7.12. The van der Waals surface area contributed by atoms with Crippen molar-refractivity contribution in [2.75, 3.05) is 0 Å². The predicted octanol–water partition coefficient (Wildman–Crippen LogP) is 1.44. The minimum atomic E-state index is -0.0671. The normalized spacial score (nSPS) is 8.45. The van der Waals surface area contributed by atoms with Gasteiger partial charge in [0.1, 0.15) is 16.7 Å². The maximum atomic E-state index is 6.99. The van der Waals surface area contributed by atoms with Crippen LogP contribution in [0.4, 0.5) is 0 Å². The number of pyridine rings is 1. The maximum Gasteiger partial charge on any atom is 0.141 e. The van der Waals surface area contributed by atoms with Crippen molar-refractivity contribution in [1.29, 1.82) is 5.41 Å². The van der Waals surface area contributed by atoms with Crippen LogP contribution in [-0.2, 0) is 0 Å². The first-order valence-electron chi connectivity index (χ1n) is 2.67. The van der Waals surface area contributed by atoms with E-state index < -0.39 is 0 Å². The highest BCUT2D eigenvalue weighted by Crippen LogP contribution is 2.03. The number of nitrogen functional groups attached to an aromatic ring is 1. The van der Waals surface area contributed by atoms with Gasteiger partial charge in [0, 0.05) is 0 Å². The molecule has 0 fully saturated rings. The molecule has 0 amide bonds. The molecule has 3 N–H and O–H groups in total. The van der Waals surface area contributed by atoms with Crippen molar-refractivity contribution < 1.29 is 0 Å². The maximum absolute atomic E-state index is 6.99. The topological polar surface area (TPSA) is 62.8 Å². The van der Waals surface area contributed by atoms with Gasteiger partial charge < -0.3 is 5.73 Å². The zero-order chi connectivity index (χ0) is 7.56. The smallest absolute Gasteiger partial charge is 0.141 e. The Balaban J connectivity index is 0.000001000. The van der Waals surface area contributed by atoms with E-state index in [0.717, 1.165) is 0 Å². The average molecular weight is 192 g/mol. The second-order valence-electron chi connectivity index (χ2n) is 1.76. The Morgan fingerprint density at radius 3 is 2.55 bits per heavy atom. The Kier molecular flexibility index (Phi) is 3.85. The molecular weight excluding hydrogens is 185 g/mol. The summed E-state index contributed by atoms with van der Waals surface area (Å²) >= 11 is 5.53. The van der Waals surface area contributed by atoms with Crippen LogP contribution in [0.1, 0.15) is 5.69 Å². The van der Waals surface area contributed by atoms with Gasteiger partial charge in [0.15, 0.2) is 0 Å². The van der Waals surface area contributed by atoms with E-state index >= 15 is 0 Å². The number of nitrogens with one attached hydrogen (secondary N) is 1. The minimum Gasteiger partial charge on any atom is -0.382 e. The molecule has 0 bridgehead atoms. The molecule has 11 heavy (non-hydrogen) atoms. The highest BCUT2D eigenvalue weighted by atomic mass is 35.5. The molecular formula is C6H7Cl2N3. The van der Waals surface area contributed by atoms with Crippen molar-refractivity contribution in [1.82, 2.24) is 4.98 Å². The molecule has 60 valence electrons. The van der Waals surface area contributed by atoms with Crippen LogP contribution in [-0.4, -0.2) is 10.8 Å². The largest absolute Gasteiger partial charge is 0.382 e. The molecule has 0 aliphatic rings. The highest BCUT2D eigenvalue weighted by molar-refractivity contribution is 6.29. The van der Waals surface area contributed by atoms with Gasteiger partial charge in [-0.15, -0.1) is 12.4 Å². The van der Waals surface area contributed by atoms with E-state index in [0.29, 0.717) is 10.8 Å². The number of nitrogens with zero attached hydrogens (tertiary/aromatic N) is 1. The summed E-state index contributed by atoms with van der Waals surface area (Å²) in [5.41, 5.74) is 5.55. The van der Waals surface area contributed by atoms with Crippen LogP contribution in [0.3, 0.4) is 0 Å². The summed E-state index contributed by atoms with van der Waals surface area (Å²) in [4.78, 5) is 3.79. The first-order chi connectivity index (χ1) is 4.70. The molecule has 5 heteroatoms. The van der Waals surface area contributed by atoms with E-state index in [2.05, 4.69) is 4.98 Å². The number of hydrogen-bond donors (Lipinski definition) is 2. The Labute approximate surface area is 75.5 Å². The lowest BCUT2D eigenvalue weighted by atomic mass is 10.3. The quantitative estimate of drug-likeness (QED) is 0.401. The third-order valence-corrected chi connectivity index (χ3v) is 1.20. The SMILES string of the molecule is Cl.N=C(N)c1cccc(Cl)n1. The molecule has 0 unspecified atom stereocenters. The third-order valence-electron chi connectivity index (χ3n) is 0.991. The predicted molar refractivity (Wildman–Crippen MR) is 47.5 cm³/mol. The Bertz CT molecular complexity index is 262. The van der Waals surface area contributed by atoms with Crippen LogP contribution in [0.5, 0.6) is 0 Å². The van der Waals surface area contributed by atoms with Gasteiger partial charge in [-0.2, -0.15) is 0 Å².